The van der Waals surface area contributed by atoms with Gasteiger partial charge in [-0.1, -0.05) is 18.2 Å². The van der Waals surface area contributed by atoms with Gasteiger partial charge in [0.05, 0.1) is 13.2 Å². The van der Waals surface area contributed by atoms with Gasteiger partial charge in [0.2, 0.25) is 5.91 Å². The lowest BCUT2D eigenvalue weighted by Crippen LogP contribution is -2.29. The van der Waals surface area contributed by atoms with Gasteiger partial charge < -0.3 is 15.4 Å². The number of hydrogen-bond acceptors (Lipinski definition) is 3. The highest BCUT2D eigenvalue weighted by Crippen LogP contribution is 2.40. The van der Waals surface area contributed by atoms with Crippen molar-refractivity contribution >= 4 is 5.91 Å². The van der Waals surface area contributed by atoms with E-state index >= 15 is 0 Å². The van der Waals surface area contributed by atoms with Gasteiger partial charge in [0, 0.05) is 19.0 Å². The van der Waals surface area contributed by atoms with E-state index in [4.69, 9.17) is 10.5 Å². The molecule has 0 aliphatic carbocycles. The van der Waals surface area contributed by atoms with E-state index in [2.05, 4.69) is 0 Å². The van der Waals surface area contributed by atoms with Gasteiger partial charge >= 0.3 is 0 Å². The Balaban J connectivity index is 2.27. The monoisotopic (exact) mass is 262 g/mol. The Kier molecular flexibility index (Phi) is 4.43. The standard InChI is InChI=1S/C15H22N2O2/c1-11(18)17-10-12(7-8-16)9-14(17)13-5-3-4-6-15(13)19-2/h3-6,12,14H,7-10,16H2,1-2H3. The molecule has 19 heavy (non-hydrogen) atoms. The first-order chi connectivity index (χ1) is 9.17. The summed E-state index contributed by atoms with van der Waals surface area (Å²) in [6.45, 7) is 3.11. The molecule has 104 valence electrons. The van der Waals surface area contributed by atoms with Crippen LogP contribution in [0.25, 0.3) is 0 Å². The molecule has 0 aromatic heterocycles. The normalized spacial score (nSPS) is 22.6. The molecule has 1 aromatic carbocycles. The highest BCUT2D eigenvalue weighted by Gasteiger charge is 2.35. The second kappa shape index (κ2) is 6.06. The highest BCUT2D eigenvalue weighted by molar-refractivity contribution is 5.74. The largest absolute Gasteiger partial charge is 0.496 e. The molecule has 0 bridgehead atoms. The van der Waals surface area contributed by atoms with Crippen molar-refractivity contribution < 1.29 is 9.53 Å². The average Bonchev–Trinajstić information content (AvgIpc) is 2.83. The van der Waals surface area contributed by atoms with Crippen molar-refractivity contribution in [3.8, 4) is 5.75 Å². The van der Waals surface area contributed by atoms with Gasteiger partial charge in [0.1, 0.15) is 5.75 Å². The van der Waals surface area contributed by atoms with E-state index in [0.717, 1.165) is 30.7 Å². The zero-order valence-corrected chi connectivity index (χ0v) is 11.6. The lowest BCUT2D eigenvalue weighted by atomic mass is 9.97. The number of carbonyl (C=O) groups is 1. The van der Waals surface area contributed by atoms with Crippen molar-refractivity contribution in [2.24, 2.45) is 11.7 Å². The summed E-state index contributed by atoms with van der Waals surface area (Å²) in [4.78, 5) is 13.8. The molecule has 1 aliphatic rings. The van der Waals surface area contributed by atoms with Crippen LogP contribution >= 0.6 is 0 Å². The topological polar surface area (TPSA) is 55.6 Å². The lowest BCUT2D eigenvalue weighted by Gasteiger charge is -2.25. The van der Waals surface area contributed by atoms with Crippen LogP contribution in [0.1, 0.15) is 31.4 Å². The van der Waals surface area contributed by atoms with Crippen molar-refractivity contribution in [2.45, 2.75) is 25.8 Å². The Morgan fingerprint density at radius 1 is 1.47 bits per heavy atom. The molecule has 2 atom stereocenters. The molecule has 2 N–H and O–H groups in total. The minimum atomic E-state index is 0.116. The Morgan fingerprint density at radius 2 is 2.21 bits per heavy atom. The molecular weight excluding hydrogens is 240 g/mol. The van der Waals surface area contributed by atoms with E-state index in [1.165, 1.54) is 0 Å². The number of para-hydroxylation sites is 1. The van der Waals surface area contributed by atoms with Gasteiger partial charge in [-0.2, -0.15) is 0 Å². The summed E-state index contributed by atoms with van der Waals surface area (Å²) < 4.78 is 5.42. The van der Waals surface area contributed by atoms with Gasteiger partial charge in [-0.3, -0.25) is 4.79 Å². The van der Waals surface area contributed by atoms with E-state index in [-0.39, 0.29) is 11.9 Å². The molecule has 1 amide bonds. The number of hydrogen-bond donors (Lipinski definition) is 1. The second-order valence-electron chi connectivity index (χ2n) is 5.11. The van der Waals surface area contributed by atoms with E-state index in [0.29, 0.717) is 12.5 Å². The fourth-order valence-electron chi connectivity index (χ4n) is 2.95. The van der Waals surface area contributed by atoms with E-state index in [9.17, 15) is 4.79 Å². The molecule has 4 nitrogen and oxygen atoms in total. The summed E-state index contributed by atoms with van der Waals surface area (Å²) >= 11 is 0. The molecule has 2 rings (SSSR count). The number of nitrogens with two attached hydrogens (primary N) is 1. The number of benzene rings is 1. The van der Waals surface area contributed by atoms with E-state index in [1.54, 1.807) is 14.0 Å². The first-order valence-corrected chi connectivity index (χ1v) is 6.77. The molecule has 2 unspecified atom stereocenters. The van der Waals surface area contributed by atoms with Gasteiger partial charge in [-0.15, -0.1) is 0 Å². The summed E-state index contributed by atoms with van der Waals surface area (Å²) in [5.74, 6) is 1.46. The Labute approximate surface area is 114 Å². The highest BCUT2D eigenvalue weighted by atomic mass is 16.5. The van der Waals surface area contributed by atoms with E-state index in [1.807, 2.05) is 29.2 Å². The minimum absolute atomic E-state index is 0.116. The Bertz CT molecular complexity index is 448. The predicted molar refractivity (Wildman–Crippen MR) is 74.9 cm³/mol. The average molecular weight is 262 g/mol. The van der Waals surface area contributed by atoms with Crippen molar-refractivity contribution in [1.82, 2.24) is 4.90 Å². The zero-order chi connectivity index (χ0) is 13.8. The van der Waals surface area contributed by atoms with Gasteiger partial charge in [0.15, 0.2) is 0 Å². The SMILES string of the molecule is COc1ccccc1C1CC(CCN)CN1C(C)=O. The molecule has 1 fully saturated rings. The summed E-state index contributed by atoms with van der Waals surface area (Å²) in [6.07, 6.45) is 1.94. The molecule has 4 heteroatoms. The predicted octanol–water partition coefficient (Wildman–Crippen LogP) is 1.95. The maximum atomic E-state index is 11.8. The fourth-order valence-corrected chi connectivity index (χ4v) is 2.95. The lowest BCUT2D eigenvalue weighted by molar-refractivity contribution is -0.129. The molecule has 1 aromatic rings. The second-order valence-corrected chi connectivity index (χ2v) is 5.11. The quantitative estimate of drug-likeness (QED) is 0.902. The third-order valence-corrected chi connectivity index (χ3v) is 3.87. The summed E-state index contributed by atoms with van der Waals surface area (Å²) in [5.41, 5.74) is 6.74. The summed E-state index contributed by atoms with van der Waals surface area (Å²) in [5, 5.41) is 0. The van der Waals surface area contributed by atoms with Gasteiger partial charge in [-0.05, 0) is 31.4 Å². The summed E-state index contributed by atoms with van der Waals surface area (Å²) in [7, 11) is 1.67. The Hall–Kier alpha value is -1.55. The van der Waals surface area contributed by atoms with Crippen molar-refractivity contribution in [3.05, 3.63) is 29.8 Å². The fraction of sp³-hybridized carbons (Fsp3) is 0.533. The van der Waals surface area contributed by atoms with Crippen LogP contribution in [0.3, 0.4) is 0 Å². The van der Waals surface area contributed by atoms with Crippen LogP contribution in [0.5, 0.6) is 5.75 Å². The van der Waals surface area contributed by atoms with Crippen molar-refractivity contribution in [2.75, 3.05) is 20.2 Å². The molecule has 0 spiro atoms. The molecule has 1 saturated heterocycles. The van der Waals surface area contributed by atoms with Crippen LogP contribution in [0.15, 0.2) is 24.3 Å². The number of likely N-dealkylation sites (tertiary alicyclic amines) is 1. The molecule has 0 radical (unpaired) electrons. The Morgan fingerprint density at radius 3 is 2.84 bits per heavy atom. The number of ether oxygens (including phenoxy) is 1. The number of methoxy groups -OCH3 is 1. The third kappa shape index (κ3) is 2.89. The van der Waals surface area contributed by atoms with Crippen molar-refractivity contribution in [1.29, 1.82) is 0 Å². The minimum Gasteiger partial charge on any atom is -0.496 e. The van der Waals surface area contributed by atoms with Crippen LogP contribution in [-0.2, 0) is 4.79 Å². The maximum absolute atomic E-state index is 11.8. The number of nitrogens with zero attached hydrogens (tertiary/aromatic N) is 1. The van der Waals surface area contributed by atoms with Crippen LogP contribution in [0.4, 0.5) is 0 Å². The van der Waals surface area contributed by atoms with Gasteiger partial charge in [0.25, 0.3) is 0 Å². The van der Waals surface area contributed by atoms with Crippen LogP contribution in [0, 0.1) is 5.92 Å². The van der Waals surface area contributed by atoms with Crippen LogP contribution < -0.4 is 10.5 Å². The zero-order valence-electron chi connectivity index (χ0n) is 11.6. The molecule has 0 saturated carbocycles. The number of carbonyl (C=O) groups excluding carboxylic acids is 1. The molecular formula is C15H22N2O2. The first-order valence-electron chi connectivity index (χ1n) is 6.77. The van der Waals surface area contributed by atoms with Crippen molar-refractivity contribution in [3.63, 3.8) is 0 Å². The van der Waals surface area contributed by atoms with Gasteiger partial charge in [-0.25, -0.2) is 0 Å². The maximum Gasteiger partial charge on any atom is 0.219 e. The first kappa shape index (κ1) is 13.9. The number of amides is 1. The third-order valence-electron chi connectivity index (χ3n) is 3.87. The smallest absolute Gasteiger partial charge is 0.219 e. The molecule has 1 aliphatic heterocycles. The van der Waals surface area contributed by atoms with Crippen LogP contribution in [-0.4, -0.2) is 31.0 Å². The molecule has 1 heterocycles. The van der Waals surface area contributed by atoms with Crippen LogP contribution in [0.2, 0.25) is 0 Å². The van der Waals surface area contributed by atoms with E-state index < -0.39 is 0 Å². The number of rotatable bonds is 4. The summed E-state index contributed by atoms with van der Waals surface area (Å²) in [6, 6.07) is 8.05.